The fourth-order valence-corrected chi connectivity index (χ4v) is 6.19. The van der Waals surface area contributed by atoms with Crippen LogP contribution in [-0.2, 0) is 19.0 Å². The fourth-order valence-electron chi connectivity index (χ4n) is 6.03. The number of alkyl carbamates (subject to hydrolysis) is 1. The summed E-state index contributed by atoms with van der Waals surface area (Å²) in [6.45, 7) is 3.81. The molecular formula is C35H41ClN4O7. The fraction of sp³-hybridized carbons (Fsp3) is 0.400. The van der Waals surface area contributed by atoms with Crippen LogP contribution in [0.3, 0.4) is 0 Å². The van der Waals surface area contributed by atoms with Crippen molar-refractivity contribution in [1.82, 2.24) is 15.5 Å². The second-order valence-electron chi connectivity index (χ2n) is 11.5. The number of nitrogens with one attached hydrogen (secondary N) is 2. The van der Waals surface area contributed by atoms with Crippen LogP contribution < -0.4 is 21.1 Å². The van der Waals surface area contributed by atoms with E-state index < -0.39 is 12.1 Å². The van der Waals surface area contributed by atoms with Crippen molar-refractivity contribution in [3.05, 3.63) is 82.4 Å². The molecule has 250 valence electrons. The number of piperidine rings is 1. The number of hydrogen-bond acceptors (Lipinski definition) is 9. The zero-order valence-corrected chi connectivity index (χ0v) is 27.2. The van der Waals surface area contributed by atoms with Crippen LogP contribution in [0.15, 0.2) is 60.7 Å². The summed E-state index contributed by atoms with van der Waals surface area (Å²) in [5.74, 6) is -0.294. The number of halogens is 1. The van der Waals surface area contributed by atoms with Crippen molar-refractivity contribution in [2.45, 2.75) is 18.8 Å². The standard InChI is InChI=1S/C35H41ClN4O7/c1-44-32-21-31(37)30(36)20-28(32)34(42)46-19-16-40-14-10-23(11-15-40)33(41)38-12-17-45-18-13-39-35(43)47-22-29-26-8-4-2-6-24(26)25-7-3-5-9-27(25)29/h2-9,20-21,23,29H,10-19,22,37H2,1H3,(H,38,41)(H,39,43). The lowest BCUT2D eigenvalue weighted by Gasteiger charge is -2.31. The highest BCUT2D eigenvalue weighted by Crippen LogP contribution is 2.44. The van der Waals surface area contributed by atoms with Crippen molar-refractivity contribution in [1.29, 1.82) is 0 Å². The minimum absolute atomic E-state index is 0.00349. The number of hydrogen-bond donors (Lipinski definition) is 3. The van der Waals surface area contributed by atoms with E-state index in [0.29, 0.717) is 57.1 Å². The summed E-state index contributed by atoms with van der Waals surface area (Å²) >= 11 is 6.05. The molecule has 1 heterocycles. The average molecular weight is 665 g/mol. The van der Waals surface area contributed by atoms with Crippen molar-refractivity contribution in [3.63, 3.8) is 0 Å². The van der Waals surface area contributed by atoms with Crippen molar-refractivity contribution < 1.29 is 33.3 Å². The van der Waals surface area contributed by atoms with Gasteiger partial charge < -0.3 is 35.3 Å². The minimum atomic E-state index is -0.534. The zero-order chi connectivity index (χ0) is 33.2. The number of anilines is 1. The van der Waals surface area contributed by atoms with Crippen LogP contribution in [-0.4, -0.2) is 89.1 Å². The molecule has 0 bridgehead atoms. The summed E-state index contributed by atoms with van der Waals surface area (Å²) in [5.41, 5.74) is 11.0. The Morgan fingerprint density at radius 1 is 0.894 bits per heavy atom. The molecule has 0 saturated carbocycles. The van der Waals surface area contributed by atoms with Gasteiger partial charge in [0.2, 0.25) is 5.91 Å². The number of likely N-dealkylation sites (tertiary alicyclic amines) is 1. The molecule has 1 fully saturated rings. The number of nitrogens with two attached hydrogens (primary N) is 1. The van der Waals surface area contributed by atoms with Gasteiger partial charge in [0.25, 0.3) is 0 Å². The Bertz CT molecular complexity index is 1520. The number of rotatable bonds is 14. The lowest BCUT2D eigenvalue weighted by Crippen LogP contribution is -2.42. The Morgan fingerprint density at radius 2 is 1.53 bits per heavy atom. The van der Waals surface area contributed by atoms with Crippen LogP contribution >= 0.6 is 11.6 Å². The van der Waals surface area contributed by atoms with Gasteiger partial charge in [0.15, 0.2) is 0 Å². The third-order valence-electron chi connectivity index (χ3n) is 8.54. The number of benzene rings is 3. The average Bonchev–Trinajstić information content (AvgIpc) is 3.41. The van der Waals surface area contributed by atoms with Crippen molar-refractivity contribution >= 4 is 35.3 Å². The third-order valence-corrected chi connectivity index (χ3v) is 8.87. The third kappa shape index (κ3) is 8.73. The molecule has 5 rings (SSSR count). The van der Waals surface area contributed by atoms with Crippen LogP contribution in [0.4, 0.5) is 10.5 Å². The number of esters is 1. The van der Waals surface area contributed by atoms with Crippen LogP contribution in [0.5, 0.6) is 5.75 Å². The molecule has 0 atom stereocenters. The maximum Gasteiger partial charge on any atom is 0.407 e. The van der Waals surface area contributed by atoms with E-state index in [4.69, 9.17) is 36.3 Å². The lowest BCUT2D eigenvalue weighted by molar-refractivity contribution is -0.126. The summed E-state index contributed by atoms with van der Waals surface area (Å²) in [6.07, 6.45) is 0.943. The van der Waals surface area contributed by atoms with E-state index in [1.807, 2.05) is 24.3 Å². The molecule has 0 unspecified atom stereocenters. The van der Waals surface area contributed by atoms with Crippen molar-refractivity contribution in [2.24, 2.45) is 5.92 Å². The Morgan fingerprint density at radius 3 is 2.19 bits per heavy atom. The number of nitrogen functional groups attached to an aromatic ring is 1. The second kappa shape index (κ2) is 16.5. The number of nitrogens with zero attached hydrogens (tertiary/aromatic N) is 1. The van der Waals surface area contributed by atoms with Crippen LogP contribution in [0.2, 0.25) is 5.02 Å². The van der Waals surface area contributed by atoms with E-state index in [1.165, 1.54) is 41.5 Å². The largest absolute Gasteiger partial charge is 0.496 e. The molecule has 1 aliphatic heterocycles. The Kier molecular flexibility index (Phi) is 11.9. The van der Waals surface area contributed by atoms with Crippen molar-refractivity contribution in [3.8, 4) is 16.9 Å². The number of carbonyl (C=O) groups is 3. The van der Waals surface area contributed by atoms with Gasteiger partial charge in [-0.15, -0.1) is 0 Å². The molecular weight excluding hydrogens is 624 g/mol. The molecule has 1 saturated heterocycles. The van der Waals surface area contributed by atoms with Gasteiger partial charge in [-0.1, -0.05) is 60.1 Å². The summed E-state index contributed by atoms with van der Waals surface area (Å²) in [6, 6.07) is 19.3. The summed E-state index contributed by atoms with van der Waals surface area (Å²) < 4.78 is 21.8. The number of fused-ring (bicyclic) bond motifs is 3. The van der Waals surface area contributed by atoms with Crippen LogP contribution in [0, 0.1) is 5.92 Å². The summed E-state index contributed by atoms with van der Waals surface area (Å²) in [4.78, 5) is 39.6. The van der Waals surface area contributed by atoms with Crippen LogP contribution in [0.25, 0.3) is 11.1 Å². The molecule has 12 heteroatoms. The predicted octanol–water partition coefficient (Wildman–Crippen LogP) is 4.47. The van der Waals surface area contributed by atoms with Gasteiger partial charge in [-0.05, 0) is 54.3 Å². The Hall–Kier alpha value is -4.32. The molecule has 11 nitrogen and oxygen atoms in total. The molecule has 0 spiro atoms. The van der Waals surface area contributed by atoms with Gasteiger partial charge in [-0.25, -0.2) is 9.59 Å². The first-order valence-electron chi connectivity index (χ1n) is 15.8. The van der Waals surface area contributed by atoms with Gasteiger partial charge >= 0.3 is 12.1 Å². The molecule has 4 N–H and O–H groups in total. The smallest absolute Gasteiger partial charge is 0.407 e. The van der Waals surface area contributed by atoms with E-state index in [0.717, 1.165) is 13.1 Å². The zero-order valence-electron chi connectivity index (χ0n) is 26.5. The highest BCUT2D eigenvalue weighted by Gasteiger charge is 2.29. The van der Waals surface area contributed by atoms with Crippen molar-refractivity contribution in [2.75, 3.05) is 72.0 Å². The maximum atomic E-state index is 12.6. The monoisotopic (exact) mass is 664 g/mol. The molecule has 2 aliphatic rings. The quantitative estimate of drug-likeness (QED) is 0.129. The van der Waals surface area contributed by atoms with E-state index in [9.17, 15) is 14.4 Å². The molecule has 47 heavy (non-hydrogen) atoms. The lowest BCUT2D eigenvalue weighted by atomic mass is 9.96. The molecule has 3 aromatic rings. The molecule has 0 aromatic heterocycles. The van der Waals surface area contributed by atoms with Gasteiger partial charge in [-0.2, -0.15) is 0 Å². The first-order valence-corrected chi connectivity index (χ1v) is 16.2. The molecule has 1 aliphatic carbocycles. The second-order valence-corrected chi connectivity index (χ2v) is 11.9. The van der Waals surface area contributed by atoms with E-state index in [2.05, 4.69) is 39.8 Å². The van der Waals surface area contributed by atoms with E-state index in [1.54, 1.807) is 0 Å². The van der Waals surface area contributed by atoms with Crippen LogP contribution in [0.1, 0.15) is 40.2 Å². The van der Waals surface area contributed by atoms with Gasteiger partial charge in [0.1, 0.15) is 24.5 Å². The van der Waals surface area contributed by atoms with Gasteiger partial charge in [0.05, 0.1) is 31.0 Å². The van der Waals surface area contributed by atoms with Gasteiger partial charge in [-0.3, -0.25) is 9.69 Å². The first kappa shape index (κ1) is 34.0. The number of amides is 2. The normalized spacial score (nSPS) is 14.6. The maximum absolute atomic E-state index is 12.6. The van der Waals surface area contributed by atoms with Gasteiger partial charge in [0, 0.05) is 37.5 Å². The predicted molar refractivity (Wildman–Crippen MR) is 179 cm³/mol. The highest BCUT2D eigenvalue weighted by molar-refractivity contribution is 6.33. The summed E-state index contributed by atoms with van der Waals surface area (Å²) in [7, 11) is 1.45. The highest BCUT2D eigenvalue weighted by atomic mass is 35.5. The SMILES string of the molecule is COc1cc(N)c(Cl)cc1C(=O)OCCN1CCC(C(=O)NCCOCCNC(=O)OCC2c3ccccc3-c3ccccc32)CC1. The summed E-state index contributed by atoms with van der Waals surface area (Å²) in [5, 5.41) is 5.92. The van der Waals surface area contributed by atoms with E-state index >= 15 is 0 Å². The molecule has 2 amide bonds. The first-order chi connectivity index (χ1) is 22.9. The number of carbonyl (C=O) groups excluding carboxylic acids is 3. The Labute approximate surface area is 279 Å². The van der Waals surface area contributed by atoms with E-state index in [-0.39, 0.29) is 41.5 Å². The Balaban J connectivity index is 0.898. The molecule has 3 aromatic carbocycles. The topological polar surface area (TPSA) is 141 Å². The molecule has 0 radical (unpaired) electrons. The number of methoxy groups -OCH3 is 1. The minimum Gasteiger partial charge on any atom is -0.496 e. The number of ether oxygens (including phenoxy) is 4.